The number of aliphatic hydroxyl groups excluding tert-OH is 1. The molecule has 0 saturated heterocycles. The van der Waals surface area contributed by atoms with Crippen molar-refractivity contribution in [3.8, 4) is 5.75 Å². The number of hydrogen-bond acceptors (Lipinski definition) is 3. The largest absolute Gasteiger partial charge is 0.493 e. The van der Waals surface area contributed by atoms with Gasteiger partial charge in [-0.1, -0.05) is 26.0 Å². The molecular formula is C13H20O2S. The molecule has 0 bridgehead atoms. The highest BCUT2D eigenvalue weighted by Crippen LogP contribution is 2.19. The Morgan fingerprint density at radius 2 is 1.94 bits per heavy atom. The number of ether oxygens (including phenoxy) is 1. The monoisotopic (exact) mass is 240 g/mol. The van der Waals surface area contributed by atoms with Gasteiger partial charge < -0.3 is 9.84 Å². The number of rotatable bonds is 7. The standard InChI is InChI=1S/C13H20O2S/c1-3-13(14)11-5-7-12(8-6-11)15-9-10-16-4-2/h5-8,13-14H,3-4,9-10H2,1-2H3. The highest BCUT2D eigenvalue weighted by molar-refractivity contribution is 7.99. The molecule has 0 fully saturated rings. The Labute approximate surface area is 102 Å². The molecule has 16 heavy (non-hydrogen) atoms. The third-order valence-electron chi connectivity index (χ3n) is 2.35. The second kappa shape index (κ2) is 7.58. The Hall–Kier alpha value is -0.670. The second-order valence-electron chi connectivity index (χ2n) is 3.54. The highest BCUT2D eigenvalue weighted by Gasteiger charge is 2.03. The number of thioether (sulfide) groups is 1. The van der Waals surface area contributed by atoms with Crippen molar-refractivity contribution in [2.75, 3.05) is 18.1 Å². The zero-order chi connectivity index (χ0) is 11.8. The van der Waals surface area contributed by atoms with Crippen LogP contribution in [0.15, 0.2) is 24.3 Å². The normalized spacial score (nSPS) is 12.4. The van der Waals surface area contributed by atoms with Crippen LogP contribution in [0.4, 0.5) is 0 Å². The fraction of sp³-hybridized carbons (Fsp3) is 0.538. The van der Waals surface area contributed by atoms with Crippen molar-refractivity contribution in [1.29, 1.82) is 0 Å². The van der Waals surface area contributed by atoms with Crippen molar-refractivity contribution in [3.63, 3.8) is 0 Å². The molecule has 1 N–H and O–H groups in total. The molecule has 1 unspecified atom stereocenters. The molecule has 3 heteroatoms. The summed E-state index contributed by atoms with van der Waals surface area (Å²) in [7, 11) is 0. The van der Waals surface area contributed by atoms with E-state index in [2.05, 4.69) is 6.92 Å². The smallest absolute Gasteiger partial charge is 0.119 e. The molecule has 0 radical (unpaired) electrons. The van der Waals surface area contributed by atoms with E-state index in [1.165, 1.54) is 0 Å². The van der Waals surface area contributed by atoms with Crippen LogP contribution in [-0.2, 0) is 0 Å². The highest BCUT2D eigenvalue weighted by atomic mass is 32.2. The first-order chi connectivity index (χ1) is 7.77. The lowest BCUT2D eigenvalue weighted by Crippen LogP contribution is -2.01. The van der Waals surface area contributed by atoms with Crippen LogP contribution in [0.1, 0.15) is 31.9 Å². The Bertz CT molecular complexity index is 284. The summed E-state index contributed by atoms with van der Waals surface area (Å²) in [5, 5.41) is 9.62. The van der Waals surface area contributed by atoms with Gasteiger partial charge >= 0.3 is 0 Å². The van der Waals surface area contributed by atoms with Crippen molar-refractivity contribution in [2.45, 2.75) is 26.4 Å². The number of hydrogen-bond donors (Lipinski definition) is 1. The minimum atomic E-state index is -0.357. The Morgan fingerprint density at radius 1 is 1.25 bits per heavy atom. The topological polar surface area (TPSA) is 29.5 Å². The van der Waals surface area contributed by atoms with Gasteiger partial charge in [-0.15, -0.1) is 0 Å². The third kappa shape index (κ3) is 4.45. The van der Waals surface area contributed by atoms with Crippen molar-refractivity contribution >= 4 is 11.8 Å². The molecule has 0 aromatic heterocycles. The molecule has 90 valence electrons. The zero-order valence-electron chi connectivity index (χ0n) is 9.98. The molecule has 0 aliphatic rings. The minimum absolute atomic E-state index is 0.357. The van der Waals surface area contributed by atoms with E-state index in [1.807, 2.05) is 43.0 Å². The first-order valence-electron chi connectivity index (χ1n) is 5.76. The molecule has 2 nitrogen and oxygen atoms in total. The lowest BCUT2D eigenvalue weighted by molar-refractivity contribution is 0.173. The second-order valence-corrected chi connectivity index (χ2v) is 4.93. The molecule has 0 saturated carbocycles. The fourth-order valence-corrected chi connectivity index (χ4v) is 1.87. The number of benzene rings is 1. The van der Waals surface area contributed by atoms with Gasteiger partial charge in [-0.05, 0) is 29.9 Å². The Kier molecular flexibility index (Phi) is 6.34. The van der Waals surface area contributed by atoms with Gasteiger partial charge in [0.25, 0.3) is 0 Å². The van der Waals surface area contributed by atoms with Crippen molar-refractivity contribution in [3.05, 3.63) is 29.8 Å². The molecule has 1 aromatic rings. The van der Waals surface area contributed by atoms with Crippen LogP contribution in [0, 0.1) is 0 Å². The van der Waals surface area contributed by atoms with Crippen LogP contribution in [0.2, 0.25) is 0 Å². The van der Waals surface area contributed by atoms with Gasteiger partial charge in [0.2, 0.25) is 0 Å². The summed E-state index contributed by atoms with van der Waals surface area (Å²) in [4.78, 5) is 0. The van der Waals surface area contributed by atoms with Crippen LogP contribution in [-0.4, -0.2) is 23.2 Å². The van der Waals surface area contributed by atoms with Crippen molar-refractivity contribution in [1.82, 2.24) is 0 Å². The van der Waals surface area contributed by atoms with Crippen molar-refractivity contribution in [2.24, 2.45) is 0 Å². The van der Waals surface area contributed by atoms with Gasteiger partial charge in [-0.3, -0.25) is 0 Å². The molecule has 0 amide bonds. The van der Waals surface area contributed by atoms with Crippen LogP contribution in [0.25, 0.3) is 0 Å². The van der Waals surface area contributed by atoms with Crippen LogP contribution in [0.5, 0.6) is 5.75 Å². The molecule has 1 rings (SSSR count). The van der Waals surface area contributed by atoms with E-state index >= 15 is 0 Å². The van der Waals surface area contributed by atoms with Crippen LogP contribution < -0.4 is 4.74 Å². The first kappa shape index (κ1) is 13.4. The van der Waals surface area contributed by atoms with Crippen LogP contribution >= 0.6 is 11.8 Å². The zero-order valence-corrected chi connectivity index (χ0v) is 10.8. The minimum Gasteiger partial charge on any atom is -0.493 e. The van der Waals surface area contributed by atoms with Crippen LogP contribution in [0.3, 0.4) is 0 Å². The fourth-order valence-electron chi connectivity index (χ4n) is 1.38. The van der Waals surface area contributed by atoms with E-state index < -0.39 is 0 Å². The van der Waals surface area contributed by atoms with Gasteiger partial charge in [-0.25, -0.2) is 0 Å². The Balaban J connectivity index is 2.39. The first-order valence-corrected chi connectivity index (χ1v) is 6.92. The van der Waals surface area contributed by atoms with Gasteiger partial charge in [-0.2, -0.15) is 11.8 Å². The van der Waals surface area contributed by atoms with E-state index in [9.17, 15) is 5.11 Å². The predicted molar refractivity (Wildman–Crippen MR) is 70.2 cm³/mol. The average molecular weight is 240 g/mol. The molecule has 1 atom stereocenters. The summed E-state index contributed by atoms with van der Waals surface area (Å²) >= 11 is 1.87. The predicted octanol–water partition coefficient (Wildman–Crippen LogP) is 3.26. The molecule has 0 heterocycles. The molecular weight excluding hydrogens is 220 g/mol. The maximum absolute atomic E-state index is 9.62. The van der Waals surface area contributed by atoms with Gasteiger partial charge in [0.1, 0.15) is 5.75 Å². The van der Waals surface area contributed by atoms with Crippen molar-refractivity contribution < 1.29 is 9.84 Å². The van der Waals surface area contributed by atoms with E-state index in [0.717, 1.165) is 35.8 Å². The number of aliphatic hydroxyl groups is 1. The van der Waals surface area contributed by atoms with Gasteiger partial charge in [0, 0.05) is 5.75 Å². The molecule has 1 aromatic carbocycles. The average Bonchev–Trinajstić information content (AvgIpc) is 2.34. The summed E-state index contributed by atoms with van der Waals surface area (Å²) in [6.45, 7) is 4.86. The molecule has 0 aliphatic heterocycles. The van der Waals surface area contributed by atoms with E-state index in [-0.39, 0.29) is 6.10 Å². The van der Waals surface area contributed by atoms with E-state index in [4.69, 9.17) is 4.74 Å². The maximum atomic E-state index is 9.62. The molecule has 0 spiro atoms. The lowest BCUT2D eigenvalue weighted by atomic mass is 10.1. The Morgan fingerprint density at radius 3 is 2.50 bits per heavy atom. The van der Waals surface area contributed by atoms with Gasteiger partial charge in [0.15, 0.2) is 0 Å². The van der Waals surface area contributed by atoms with E-state index in [0.29, 0.717) is 0 Å². The SMILES string of the molecule is CCSCCOc1ccc(C(O)CC)cc1. The quantitative estimate of drug-likeness (QED) is 0.742. The summed E-state index contributed by atoms with van der Waals surface area (Å²) in [5.41, 5.74) is 0.956. The third-order valence-corrected chi connectivity index (χ3v) is 3.22. The summed E-state index contributed by atoms with van der Waals surface area (Å²) in [6.07, 6.45) is 0.387. The molecule has 0 aliphatic carbocycles. The lowest BCUT2D eigenvalue weighted by Gasteiger charge is -2.09. The van der Waals surface area contributed by atoms with E-state index in [1.54, 1.807) is 0 Å². The van der Waals surface area contributed by atoms with Gasteiger partial charge in [0.05, 0.1) is 12.7 Å². The summed E-state index contributed by atoms with van der Waals surface area (Å²) < 4.78 is 5.57. The summed E-state index contributed by atoms with van der Waals surface area (Å²) in [6, 6.07) is 7.70. The maximum Gasteiger partial charge on any atom is 0.119 e. The summed E-state index contributed by atoms with van der Waals surface area (Å²) in [5.74, 6) is 3.03.